The van der Waals surface area contributed by atoms with Gasteiger partial charge in [-0.2, -0.15) is 0 Å². The molecule has 0 aromatic rings. The van der Waals surface area contributed by atoms with Gasteiger partial charge in [0.25, 0.3) is 0 Å². The quantitative estimate of drug-likeness (QED) is 0.404. The fraction of sp³-hybridized carbons (Fsp3) is 0.286. The molecule has 0 radical (unpaired) electrons. The van der Waals surface area contributed by atoms with Gasteiger partial charge < -0.3 is 11.1 Å². The summed E-state index contributed by atoms with van der Waals surface area (Å²) < 4.78 is 0. The number of alkyl halides is 1. The average molecular weight is 223 g/mol. The second kappa shape index (κ2) is 3.64. The molecule has 0 bridgehead atoms. The number of nitrogens with one attached hydrogen (secondary N) is 1. The Balaban J connectivity index is 2.69. The van der Waals surface area contributed by atoms with E-state index in [4.69, 9.17) is 28.9 Å². The topological polar surface area (TPSA) is 38.0 Å². The smallest absolute Gasteiger partial charge is 0.165 e. The summed E-state index contributed by atoms with van der Waals surface area (Å²) in [6, 6.07) is 0. The molecule has 1 aliphatic carbocycles. The molecule has 5 heteroatoms. The van der Waals surface area contributed by atoms with Gasteiger partial charge in [-0.3, -0.25) is 0 Å². The molecule has 0 saturated heterocycles. The molecule has 0 amide bonds. The summed E-state index contributed by atoms with van der Waals surface area (Å²) >= 11 is 16.5. The fourth-order valence-electron chi connectivity index (χ4n) is 0.959. The monoisotopic (exact) mass is 222 g/mol. The molecule has 0 aliphatic heterocycles. The van der Waals surface area contributed by atoms with E-state index in [-0.39, 0.29) is 5.11 Å². The lowest BCUT2D eigenvalue weighted by Gasteiger charge is -2.26. The summed E-state index contributed by atoms with van der Waals surface area (Å²) in [6.07, 6.45) is 5.80. The van der Waals surface area contributed by atoms with Crippen LogP contribution >= 0.6 is 35.4 Å². The van der Waals surface area contributed by atoms with Crippen LogP contribution in [-0.4, -0.2) is 10.1 Å². The molecule has 1 rings (SSSR count). The molecule has 0 aromatic carbocycles. The molecular weight excluding hydrogens is 215 g/mol. The Morgan fingerprint density at radius 3 is 2.92 bits per heavy atom. The van der Waals surface area contributed by atoms with Crippen LogP contribution in [0.25, 0.3) is 0 Å². The van der Waals surface area contributed by atoms with E-state index in [0.717, 1.165) is 0 Å². The summed E-state index contributed by atoms with van der Waals surface area (Å²) in [5.74, 6) is 0. The van der Waals surface area contributed by atoms with E-state index in [1.165, 1.54) is 0 Å². The first kappa shape index (κ1) is 9.84. The Morgan fingerprint density at radius 1 is 1.75 bits per heavy atom. The number of thiocarbonyl (C=S) groups is 1. The van der Waals surface area contributed by atoms with Gasteiger partial charge in [0, 0.05) is 11.5 Å². The molecule has 2 nitrogen and oxygen atoms in total. The van der Waals surface area contributed by atoms with Crippen molar-refractivity contribution < 1.29 is 0 Å². The second-order valence-corrected chi connectivity index (χ2v) is 4.10. The molecule has 1 aliphatic rings. The van der Waals surface area contributed by atoms with Gasteiger partial charge in [-0.15, -0.1) is 0 Å². The van der Waals surface area contributed by atoms with Crippen molar-refractivity contribution >= 4 is 40.5 Å². The number of nitrogens with two attached hydrogens (primary N) is 1. The van der Waals surface area contributed by atoms with Crippen molar-refractivity contribution in [1.29, 1.82) is 0 Å². The maximum Gasteiger partial charge on any atom is 0.165 e. The van der Waals surface area contributed by atoms with Gasteiger partial charge in [0.05, 0.1) is 0 Å². The van der Waals surface area contributed by atoms with Gasteiger partial charge in [0.2, 0.25) is 0 Å². The lowest BCUT2D eigenvalue weighted by atomic mass is 10.1. The lowest BCUT2D eigenvalue weighted by Crippen LogP contribution is -2.45. The Morgan fingerprint density at radius 2 is 2.42 bits per heavy atom. The molecule has 66 valence electrons. The lowest BCUT2D eigenvalue weighted by molar-refractivity contribution is 0.655. The molecule has 0 saturated carbocycles. The first-order chi connectivity index (χ1) is 5.52. The Bertz CT molecular complexity index is 258. The number of hydrogen-bond donors (Lipinski definition) is 2. The van der Waals surface area contributed by atoms with Crippen molar-refractivity contribution in [3.05, 3.63) is 23.3 Å². The molecular formula is C7H8Cl2N2S. The summed E-state index contributed by atoms with van der Waals surface area (Å²) in [5.41, 5.74) is 5.29. The Hall–Kier alpha value is -0.250. The highest BCUT2D eigenvalue weighted by atomic mass is 35.5. The van der Waals surface area contributed by atoms with E-state index >= 15 is 0 Å². The molecule has 0 aromatic heterocycles. The second-order valence-electron chi connectivity index (χ2n) is 2.50. The summed E-state index contributed by atoms with van der Waals surface area (Å²) in [5, 5.41) is 3.60. The van der Waals surface area contributed by atoms with Crippen LogP contribution < -0.4 is 11.1 Å². The zero-order valence-electron chi connectivity index (χ0n) is 6.18. The highest BCUT2D eigenvalue weighted by molar-refractivity contribution is 7.80. The minimum atomic E-state index is -0.752. The number of allylic oxidation sites excluding steroid dienone is 2. The summed E-state index contributed by atoms with van der Waals surface area (Å²) in [6.45, 7) is 0. The van der Waals surface area contributed by atoms with Gasteiger partial charge in [0.1, 0.15) is 5.00 Å². The highest BCUT2D eigenvalue weighted by Crippen LogP contribution is 2.28. The number of halogens is 2. The van der Waals surface area contributed by atoms with Gasteiger partial charge in [-0.05, 0) is 24.4 Å². The van der Waals surface area contributed by atoms with Crippen LogP contribution in [0.15, 0.2) is 23.3 Å². The van der Waals surface area contributed by atoms with Crippen LogP contribution in [0.1, 0.15) is 6.42 Å². The molecule has 0 heterocycles. The van der Waals surface area contributed by atoms with E-state index in [0.29, 0.717) is 11.5 Å². The van der Waals surface area contributed by atoms with Crippen molar-refractivity contribution in [2.75, 3.05) is 0 Å². The van der Waals surface area contributed by atoms with Crippen LogP contribution in [0.3, 0.4) is 0 Å². The molecule has 1 atom stereocenters. The van der Waals surface area contributed by atoms with E-state index in [1.54, 1.807) is 18.2 Å². The van der Waals surface area contributed by atoms with Crippen molar-refractivity contribution in [2.24, 2.45) is 5.73 Å². The normalized spacial score (nSPS) is 28.0. The van der Waals surface area contributed by atoms with E-state index in [1.807, 2.05) is 0 Å². The van der Waals surface area contributed by atoms with Crippen LogP contribution in [0.2, 0.25) is 0 Å². The third-order valence-corrected chi connectivity index (χ3v) is 2.11. The van der Waals surface area contributed by atoms with Crippen LogP contribution in [0.4, 0.5) is 0 Å². The van der Waals surface area contributed by atoms with Gasteiger partial charge >= 0.3 is 0 Å². The van der Waals surface area contributed by atoms with Crippen LogP contribution in [0.5, 0.6) is 0 Å². The van der Waals surface area contributed by atoms with Gasteiger partial charge in [-0.1, -0.05) is 29.3 Å². The van der Waals surface area contributed by atoms with E-state index in [2.05, 4.69) is 17.5 Å². The van der Waals surface area contributed by atoms with Crippen molar-refractivity contribution in [3.63, 3.8) is 0 Å². The van der Waals surface area contributed by atoms with E-state index in [9.17, 15) is 0 Å². The predicted octanol–water partition coefficient (Wildman–Crippen LogP) is 1.84. The van der Waals surface area contributed by atoms with Crippen LogP contribution in [0, 0.1) is 0 Å². The molecule has 12 heavy (non-hydrogen) atoms. The molecule has 3 N–H and O–H groups in total. The number of hydrogen-bond acceptors (Lipinski definition) is 1. The summed E-state index contributed by atoms with van der Waals surface area (Å²) in [7, 11) is 0. The van der Waals surface area contributed by atoms with Crippen molar-refractivity contribution in [3.8, 4) is 0 Å². The summed E-state index contributed by atoms with van der Waals surface area (Å²) in [4.78, 5) is -0.752. The first-order valence-electron chi connectivity index (χ1n) is 3.32. The van der Waals surface area contributed by atoms with Crippen molar-refractivity contribution in [2.45, 2.75) is 11.4 Å². The zero-order chi connectivity index (χ0) is 9.19. The molecule has 0 fully saturated rings. The highest BCUT2D eigenvalue weighted by Gasteiger charge is 2.26. The minimum Gasteiger partial charge on any atom is -0.376 e. The van der Waals surface area contributed by atoms with Gasteiger partial charge in [-0.25, -0.2) is 0 Å². The standard InChI is InChI=1S/C7H8Cl2N2S/c8-5-2-1-3-7(9,4-5)11-6(10)12/h1-3H,4H2,(H3,10,11,12). The van der Waals surface area contributed by atoms with Crippen LogP contribution in [-0.2, 0) is 0 Å². The largest absolute Gasteiger partial charge is 0.376 e. The number of rotatable bonds is 1. The Kier molecular flexibility index (Phi) is 2.99. The maximum absolute atomic E-state index is 6.07. The minimum absolute atomic E-state index is 0.168. The predicted molar refractivity (Wildman–Crippen MR) is 56.2 cm³/mol. The zero-order valence-corrected chi connectivity index (χ0v) is 8.51. The third-order valence-electron chi connectivity index (χ3n) is 1.39. The first-order valence-corrected chi connectivity index (χ1v) is 4.49. The fourth-order valence-corrected chi connectivity index (χ4v) is 1.87. The third kappa shape index (κ3) is 2.66. The van der Waals surface area contributed by atoms with Crippen molar-refractivity contribution in [1.82, 2.24) is 5.32 Å². The van der Waals surface area contributed by atoms with E-state index < -0.39 is 5.00 Å². The maximum atomic E-state index is 6.07. The van der Waals surface area contributed by atoms with Gasteiger partial charge in [0.15, 0.2) is 5.11 Å². The average Bonchev–Trinajstić information content (AvgIpc) is 1.82. The molecule has 0 spiro atoms. The Labute approximate surface area is 86.4 Å². The molecule has 1 unspecified atom stereocenters. The SMILES string of the molecule is NC(=S)NC1(Cl)C=CC=C(Cl)C1.